The number of hydrogen-bond donors (Lipinski definition) is 2. The summed E-state index contributed by atoms with van der Waals surface area (Å²) in [7, 11) is 0. The van der Waals surface area contributed by atoms with Crippen molar-refractivity contribution in [3.8, 4) is 0 Å². The lowest BCUT2D eigenvalue weighted by Crippen LogP contribution is -2.59. The van der Waals surface area contributed by atoms with Crippen molar-refractivity contribution in [1.29, 1.82) is 0 Å². The van der Waals surface area contributed by atoms with Crippen LogP contribution in [0.3, 0.4) is 0 Å². The largest absolute Gasteiger partial charge is 0.480 e. The molecule has 0 heterocycles. The van der Waals surface area contributed by atoms with Crippen LogP contribution in [0, 0.1) is 0 Å². The van der Waals surface area contributed by atoms with Crippen LogP contribution in [0.4, 0.5) is 0 Å². The third kappa shape index (κ3) is 3.32. The second-order valence-electron chi connectivity index (χ2n) is 6.37. The van der Waals surface area contributed by atoms with Crippen LogP contribution in [0.5, 0.6) is 0 Å². The molecular weight excluding hydrogens is 302 g/mol. The number of carboxylic acids is 1. The normalized spacial score (nSPS) is 15.5. The zero-order chi connectivity index (χ0) is 17.0. The van der Waals surface area contributed by atoms with Crippen LogP contribution in [-0.4, -0.2) is 22.5 Å². The summed E-state index contributed by atoms with van der Waals surface area (Å²) < 4.78 is 0. The standard InChI is InChI=1S/C20H21NO3/c22-18(21-20(19(23)24)12-7-13-20)14-17(15-8-3-1-4-9-15)16-10-5-2-6-11-16/h1-6,8-11,17H,7,12-14H2,(H,21,22)(H,23,24). The van der Waals surface area contributed by atoms with E-state index in [0.29, 0.717) is 12.8 Å². The van der Waals surface area contributed by atoms with Crippen LogP contribution in [0.2, 0.25) is 0 Å². The molecule has 0 saturated heterocycles. The number of hydrogen-bond acceptors (Lipinski definition) is 2. The minimum atomic E-state index is -1.06. The molecule has 24 heavy (non-hydrogen) atoms. The molecule has 2 aromatic rings. The molecule has 1 aliphatic carbocycles. The van der Waals surface area contributed by atoms with E-state index in [4.69, 9.17) is 0 Å². The summed E-state index contributed by atoms with van der Waals surface area (Å²) in [5, 5.41) is 12.1. The maximum atomic E-state index is 12.5. The van der Waals surface area contributed by atoms with E-state index in [2.05, 4.69) is 5.32 Å². The molecule has 0 spiro atoms. The van der Waals surface area contributed by atoms with E-state index < -0.39 is 11.5 Å². The average molecular weight is 323 g/mol. The van der Waals surface area contributed by atoms with E-state index in [9.17, 15) is 14.7 Å². The maximum absolute atomic E-state index is 12.5. The molecule has 2 N–H and O–H groups in total. The van der Waals surface area contributed by atoms with Crippen molar-refractivity contribution in [3.05, 3.63) is 71.8 Å². The molecule has 0 atom stereocenters. The number of carbonyl (C=O) groups excluding carboxylic acids is 1. The van der Waals surface area contributed by atoms with Crippen molar-refractivity contribution >= 4 is 11.9 Å². The Morgan fingerprint density at radius 2 is 1.46 bits per heavy atom. The first-order valence-electron chi connectivity index (χ1n) is 8.25. The van der Waals surface area contributed by atoms with Gasteiger partial charge in [-0.2, -0.15) is 0 Å². The van der Waals surface area contributed by atoms with Crippen LogP contribution >= 0.6 is 0 Å². The van der Waals surface area contributed by atoms with Gasteiger partial charge in [0.15, 0.2) is 0 Å². The summed E-state index contributed by atoms with van der Waals surface area (Å²) in [5.74, 6) is -1.23. The predicted molar refractivity (Wildman–Crippen MR) is 91.7 cm³/mol. The number of carboxylic acid groups (broad SMARTS) is 1. The lowest BCUT2D eigenvalue weighted by molar-refractivity contribution is -0.151. The Hall–Kier alpha value is -2.62. The highest BCUT2D eigenvalue weighted by Gasteiger charge is 2.45. The van der Waals surface area contributed by atoms with Crippen LogP contribution in [-0.2, 0) is 9.59 Å². The van der Waals surface area contributed by atoms with Gasteiger partial charge in [-0.05, 0) is 30.4 Å². The Morgan fingerprint density at radius 1 is 0.958 bits per heavy atom. The van der Waals surface area contributed by atoms with Crippen molar-refractivity contribution in [2.75, 3.05) is 0 Å². The van der Waals surface area contributed by atoms with Crippen LogP contribution in [0.15, 0.2) is 60.7 Å². The van der Waals surface area contributed by atoms with Crippen molar-refractivity contribution in [2.45, 2.75) is 37.1 Å². The molecule has 0 radical (unpaired) electrons. The molecule has 1 saturated carbocycles. The van der Waals surface area contributed by atoms with Crippen LogP contribution in [0.25, 0.3) is 0 Å². The Kier molecular flexibility index (Phi) is 4.65. The molecular formula is C20H21NO3. The fraction of sp³-hybridized carbons (Fsp3) is 0.300. The number of amides is 1. The number of carbonyl (C=O) groups is 2. The predicted octanol–water partition coefficient (Wildman–Crippen LogP) is 3.33. The van der Waals surface area contributed by atoms with E-state index in [1.54, 1.807) is 0 Å². The third-order valence-corrected chi connectivity index (χ3v) is 4.79. The highest BCUT2D eigenvalue weighted by molar-refractivity contribution is 5.88. The average Bonchev–Trinajstić information content (AvgIpc) is 2.57. The number of aliphatic carboxylic acids is 1. The van der Waals surface area contributed by atoms with Crippen LogP contribution in [0.1, 0.15) is 42.7 Å². The molecule has 0 aromatic heterocycles. The SMILES string of the molecule is O=C(CC(c1ccccc1)c1ccccc1)NC1(C(=O)O)CCC1. The van der Waals surface area contributed by atoms with Gasteiger partial charge < -0.3 is 10.4 Å². The van der Waals surface area contributed by atoms with E-state index in [1.165, 1.54) is 0 Å². The maximum Gasteiger partial charge on any atom is 0.329 e. The molecule has 3 rings (SSSR count). The first-order chi connectivity index (χ1) is 11.6. The fourth-order valence-electron chi connectivity index (χ4n) is 3.22. The Labute approximate surface area is 141 Å². The van der Waals surface area contributed by atoms with Crippen molar-refractivity contribution < 1.29 is 14.7 Å². The summed E-state index contributed by atoms with van der Waals surface area (Å²) in [6.45, 7) is 0. The fourth-order valence-corrected chi connectivity index (χ4v) is 3.22. The van der Waals surface area contributed by atoms with Crippen molar-refractivity contribution in [3.63, 3.8) is 0 Å². The summed E-state index contributed by atoms with van der Waals surface area (Å²) in [4.78, 5) is 24.0. The van der Waals surface area contributed by atoms with E-state index in [-0.39, 0.29) is 18.2 Å². The second-order valence-corrected chi connectivity index (χ2v) is 6.37. The van der Waals surface area contributed by atoms with Gasteiger partial charge in [0.2, 0.25) is 5.91 Å². The summed E-state index contributed by atoms with van der Waals surface area (Å²) in [6, 6.07) is 19.7. The smallest absolute Gasteiger partial charge is 0.329 e. The first kappa shape index (κ1) is 16.2. The highest BCUT2D eigenvalue weighted by Crippen LogP contribution is 2.33. The lowest BCUT2D eigenvalue weighted by Gasteiger charge is -2.38. The summed E-state index contributed by atoms with van der Waals surface area (Å²) in [6.07, 6.45) is 2.10. The van der Waals surface area contributed by atoms with Gasteiger partial charge in [0.05, 0.1) is 0 Å². The molecule has 1 aliphatic rings. The van der Waals surface area contributed by atoms with E-state index >= 15 is 0 Å². The number of benzene rings is 2. The Bertz CT molecular complexity index is 669. The van der Waals surface area contributed by atoms with Gasteiger partial charge in [0.25, 0.3) is 0 Å². The summed E-state index contributed by atoms with van der Waals surface area (Å²) >= 11 is 0. The monoisotopic (exact) mass is 323 g/mol. The molecule has 124 valence electrons. The zero-order valence-electron chi connectivity index (χ0n) is 13.4. The van der Waals surface area contributed by atoms with Gasteiger partial charge in [0.1, 0.15) is 5.54 Å². The molecule has 0 aliphatic heterocycles. The molecule has 4 heteroatoms. The van der Waals surface area contributed by atoms with Gasteiger partial charge >= 0.3 is 5.97 Å². The zero-order valence-corrected chi connectivity index (χ0v) is 13.4. The van der Waals surface area contributed by atoms with Gasteiger partial charge in [-0.25, -0.2) is 4.79 Å². The van der Waals surface area contributed by atoms with Gasteiger partial charge in [-0.1, -0.05) is 60.7 Å². The Balaban J connectivity index is 1.80. The molecule has 0 unspecified atom stereocenters. The number of rotatable bonds is 6. The Morgan fingerprint density at radius 3 is 1.83 bits per heavy atom. The quantitative estimate of drug-likeness (QED) is 0.857. The van der Waals surface area contributed by atoms with E-state index in [0.717, 1.165) is 17.5 Å². The molecule has 2 aromatic carbocycles. The summed E-state index contributed by atoms with van der Waals surface area (Å²) in [5.41, 5.74) is 1.04. The topological polar surface area (TPSA) is 66.4 Å². The first-order valence-corrected chi connectivity index (χ1v) is 8.25. The molecule has 1 amide bonds. The highest BCUT2D eigenvalue weighted by atomic mass is 16.4. The van der Waals surface area contributed by atoms with Gasteiger partial charge in [-0.15, -0.1) is 0 Å². The van der Waals surface area contributed by atoms with Crippen LogP contribution < -0.4 is 5.32 Å². The second kappa shape index (κ2) is 6.87. The van der Waals surface area contributed by atoms with E-state index in [1.807, 2.05) is 60.7 Å². The third-order valence-electron chi connectivity index (χ3n) is 4.79. The molecule has 4 nitrogen and oxygen atoms in total. The minimum Gasteiger partial charge on any atom is -0.480 e. The van der Waals surface area contributed by atoms with Crippen molar-refractivity contribution in [2.24, 2.45) is 0 Å². The lowest BCUT2D eigenvalue weighted by atomic mass is 9.76. The van der Waals surface area contributed by atoms with Gasteiger partial charge in [-0.3, -0.25) is 4.79 Å². The molecule has 1 fully saturated rings. The van der Waals surface area contributed by atoms with Crippen molar-refractivity contribution in [1.82, 2.24) is 5.32 Å². The number of nitrogens with one attached hydrogen (secondary N) is 1. The van der Waals surface area contributed by atoms with Gasteiger partial charge in [0, 0.05) is 12.3 Å². The molecule has 0 bridgehead atoms. The minimum absolute atomic E-state index is 0.0849.